The second-order valence-electron chi connectivity index (χ2n) is 7.82. The molecule has 0 radical (unpaired) electrons. The van der Waals surface area contributed by atoms with Crippen molar-refractivity contribution >= 4 is 17.6 Å². The highest BCUT2D eigenvalue weighted by Gasteiger charge is 2.39. The van der Waals surface area contributed by atoms with Gasteiger partial charge in [-0.2, -0.15) is 0 Å². The first-order valence-electron chi connectivity index (χ1n) is 9.95. The van der Waals surface area contributed by atoms with Crippen LogP contribution in [0.1, 0.15) is 32.6 Å². The van der Waals surface area contributed by atoms with Gasteiger partial charge in [0.15, 0.2) is 0 Å². The summed E-state index contributed by atoms with van der Waals surface area (Å²) in [6.07, 6.45) is 6.51. The van der Waals surface area contributed by atoms with Crippen LogP contribution in [-0.4, -0.2) is 50.8 Å². The third-order valence-electron chi connectivity index (χ3n) is 5.05. The van der Waals surface area contributed by atoms with E-state index in [-0.39, 0.29) is 31.3 Å². The Hall–Kier alpha value is -2.08. The predicted molar refractivity (Wildman–Crippen MR) is 114 cm³/mol. The van der Waals surface area contributed by atoms with Gasteiger partial charge in [-0.15, -0.1) is 5.73 Å². The van der Waals surface area contributed by atoms with Gasteiger partial charge in [0.05, 0.1) is 12.2 Å². The molecule has 1 aliphatic carbocycles. The van der Waals surface area contributed by atoms with Crippen LogP contribution in [0.3, 0.4) is 0 Å². The SMILES string of the molecule is CC(O)(C=C[C@@H]1[C@@H](CC=C=CCCC(=O)O)[C@@H](O)C[C@H]1O)COc1cccc(Cl)c1. The maximum Gasteiger partial charge on any atom is 0.303 e. The number of halogens is 1. The zero-order valence-electron chi connectivity index (χ0n) is 16.9. The Kier molecular flexibility index (Phi) is 9.15. The van der Waals surface area contributed by atoms with Gasteiger partial charge < -0.3 is 25.2 Å². The Labute approximate surface area is 181 Å². The van der Waals surface area contributed by atoms with E-state index in [1.807, 2.05) is 0 Å². The van der Waals surface area contributed by atoms with Crippen molar-refractivity contribution in [1.29, 1.82) is 0 Å². The predicted octanol–water partition coefficient (Wildman–Crippen LogP) is 3.35. The third-order valence-corrected chi connectivity index (χ3v) is 5.28. The standard InChI is InChI=1S/C23H29ClO6/c1-23(29,15-30-17-8-6-7-16(24)13-17)12-11-19-18(20(25)14-21(19)26)9-4-2-3-5-10-22(27)28/h3-4,6-8,11-13,18-21,25-26,29H,5,9-10,14-15H2,1H3,(H,27,28)/t2?,18-,19-,20+,21-,23?/m1/s1. The zero-order valence-corrected chi connectivity index (χ0v) is 17.7. The molecule has 5 atom stereocenters. The molecule has 30 heavy (non-hydrogen) atoms. The number of aliphatic hydroxyl groups excluding tert-OH is 2. The van der Waals surface area contributed by atoms with Gasteiger partial charge in [-0.25, -0.2) is 0 Å². The van der Waals surface area contributed by atoms with E-state index >= 15 is 0 Å². The summed E-state index contributed by atoms with van der Waals surface area (Å²) in [6, 6.07) is 6.89. The Morgan fingerprint density at radius 2 is 2.10 bits per heavy atom. The summed E-state index contributed by atoms with van der Waals surface area (Å²) in [6.45, 7) is 1.61. The largest absolute Gasteiger partial charge is 0.490 e. The fraction of sp³-hybridized carbons (Fsp3) is 0.478. The van der Waals surface area contributed by atoms with E-state index in [1.165, 1.54) is 0 Å². The lowest BCUT2D eigenvalue weighted by molar-refractivity contribution is -0.136. The van der Waals surface area contributed by atoms with Crippen LogP contribution >= 0.6 is 11.6 Å². The van der Waals surface area contributed by atoms with E-state index < -0.39 is 23.8 Å². The van der Waals surface area contributed by atoms with Gasteiger partial charge in [0.2, 0.25) is 0 Å². The second kappa shape index (κ2) is 11.3. The number of carbonyl (C=O) groups is 1. The first kappa shape index (κ1) is 24.2. The minimum Gasteiger partial charge on any atom is -0.490 e. The fourth-order valence-electron chi connectivity index (χ4n) is 3.43. The van der Waals surface area contributed by atoms with Crippen molar-refractivity contribution in [2.75, 3.05) is 6.61 Å². The molecule has 1 saturated carbocycles. The van der Waals surface area contributed by atoms with Crippen molar-refractivity contribution in [3.8, 4) is 5.75 Å². The van der Waals surface area contributed by atoms with E-state index in [0.29, 0.717) is 23.6 Å². The van der Waals surface area contributed by atoms with Gasteiger partial charge in [-0.05, 0) is 56.0 Å². The number of allylic oxidation sites excluding steroid dienone is 1. The summed E-state index contributed by atoms with van der Waals surface area (Å²) in [5.41, 5.74) is 1.66. The molecule has 0 spiro atoms. The van der Waals surface area contributed by atoms with Crippen molar-refractivity contribution in [1.82, 2.24) is 0 Å². The number of hydrogen-bond acceptors (Lipinski definition) is 5. The van der Waals surface area contributed by atoms with Gasteiger partial charge >= 0.3 is 5.97 Å². The van der Waals surface area contributed by atoms with E-state index in [2.05, 4.69) is 5.73 Å². The highest BCUT2D eigenvalue weighted by Crippen LogP contribution is 2.36. The Morgan fingerprint density at radius 3 is 2.80 bits per heavy atom. The van der Waals surface area contributed by atoms with Crippen LogP contribution in [-0.2, 0) is 4.79 Å². The van der Waals surface area contributed by atoms with Crippen molar-refractivity contribution < 1.29 is 30.0 Å². The van der Waals surface area contributed by atoms with Gasteiger partial charge in [0, 0.05) is 23.8 Å². The fourth-order valence-corrected chi connectivity index (χ4v) is 3.61. The molecule has 0 aliphatic heterocycles. The van der Waals surface area contributed by atoms with Crippen LogP contribution in [0.4, 0.5) is 0 Å². The number of benzene rings is 1. The average molecular weight is 437 g/mol. The molecule has 6 nitrogen and oxygen atoms in total. The first-order valence-corrected chi connectivity index (χ1v) is 10.3. The highest BCUT2D eigenvalue weighted by atomic mass is 35.5. The molecular formula is C23H29ClO6. The minimum atomic E-state index is -1.27. The Bertz CT molecular complexity index is 797. The lowest BCUT2D eigenvalue weighted by Crippen LogP contribution is -2.30. The molecule has 2 rings (SSSR count). The number of hydrogen-bond donors (Lipinski definition) is 4. The van der Waals surface area contributed by atoms with Crippen LogP contribution in [0.5, 0.6) is 5.75 Å². The molecule has 1 fully saturated rings. The normalized spacial score (nSPS) is 25.5. The molecule has 1 aliphatic rings. The van der Waals surface area contributed by atoms with Crippen LogP contribution in [0.2, 0.25) is 5.02 Å². The average Bonchev–Trinajstić information content (AvgIpc) is 2.94. The highest BCUT2D eigenvalue weighted by molar-refractivity contribution is 6.30. The smallest absolute Gasteiger partial charge is 0.303 e. The quantitative estimate of drug-likeness (QED) is 0.331. The Morgan fingerprint density at radius 1 is 1.33 bits per heavy atom. The number of carboxylic acid groups (broad SMARTS) is 1. The summed E-state index contributed by atoms with van der Waals surface area (Å²) in [4.78, 5) is 10.5. The molecule has 1 aromatic carbocycles. The summed E-state index contributed by atoms with van der Waals surface area (Å²) in [5.74, 6) is -0.861. The number of ether oxygens (including phenoxy) is 1. The molecule has 164 valence electrons. The van der Waals surface area contributed by atoms with Gasteiger partial charge in [-0.1, -0.05) is 29.8 Å². The molecule has 7 heteroatoms. The molecule has 0 aromatic heterocycles. The molecule has 0 bridgehead atoms. The summed E-state index contributed by atoms with van der Waals surface area (Å²) in [7, 11) is 0. The summed E-state index contributed by atoms with van der Waals surface area (Å²) >= 11 is 5.93. The van der Waals surface area contributed by atoms with Crippen LogP contribution in [0, 0.1) is 11.8 Å². The van der Waals surface area contributed by atoms with Gasteiger partial charge in [-0.3, -0.25) is 4.79 Å². The number of aliphatic hydroxyl groups is 3. The maximum atomic E-state index is 10.6. The molecule has 1 aromatic rings. The summed E-state index contributed by atoms with van der Waals surface area (Å²) < 4.78 is 5.60. The maximum absolute atomic E-state index is 10.6. The van der Waals surface area contributed by atoms with E-state index in [4.69, 9.17) is 21.4 Å². The second-order valence-corrected chi connectivity index (χ2v) is 8.25. The Balaban J connectivity index is 1.95. The molecule has 0 amide bonds. The third kappa shape index (κ3) is 7.98. The lowest BCUT2D eigenvalue weighted by Gasteiger charge is -2.23. The first-order chi connectivity index (χ1) is 14.2. The van der Waals surface area contributed by atoms with Crippen molar-refractivity contribution in [2.45, 2.75) is 50.4 Å². The number of aliphatic carboxylic acids is 1. The van der Waals surface area contributed by atoms with Crippen molar-refractivity contribution in [2.24, 2.45) is 11.8 Å². The van der Waals surface area contributed by atoms with Crippen LogP contribution in [0.25, 0.3) is 0 Å². The minimum absolute atomic E-state index is 0.00605. The monoisotopic (exact) mass is 436 g/mol. The van der Waals surface area contributed by atoms with Crippen molar-refractivity contribution in [3.05, 3.63) is 59.3 Å². The van der Waals surface area contributed by atoms with E-state index in [1.54, 1.807) is 55.5 Å². The molecular weight excluding hydrogens is 408 g/mol. The lowest BCUT2D eigenvalue weighted by atomic mass is 9.89. The van der Waals surface area contributed by atoms with Crippen molar-refractivity contribution in [3.63, 3.8) is 0 Å². The van der Waals surface area contributed by atoms with Gasteiger partial charge in [0.25, 0.3) is 0 Å². The summed E-state index contributed by atoms with van der Waals surface area (Å²) in [5, 5.41) is 40.4. The number of carboxylic acids is 1. The zero-order chi connectivity index (χ0) is 22.1. The van der Waals surface area contributed by atoms with E-state index in [0.717, 1.165) is 0 Å². The molecule has 1 unspecified atom stereocenters. The van der Waals surface area contributed by atoms with E-state index in [9.17, 15) is 20.1 Å². The van der Waals surface area contributed by atoms with Crippen LogP contribution in [0.15, 0.2) is 54.3 Å². The topological polar surface area (TPSA) is 107 Å². The molecule has 0 heterocycles. The molecule has 0 saturated heterocycles. The molecule has 4 N–H and O–H groups in total. The number of rotatable bonds is 10. The van der Waals surface area contributed by atoms with Crippen LogP contribution < -0.4 is 4.74 Å². The van der Waals surface area contributed by atoms with Gasteiger partial charge in [0.1, 0.15) is 18.0 Å².